The fraction of sp³-hybridized carbons (Fsp3) is 0.556. The van der Waals surface area contributed by atoms with Crippen LogP contribution in [0.4, 0.5) is 14.9 Å². The van der Waals surface area contributed by atoms with Crippen molar-refractivity contribution >= 4 is 17.6 Å². The van der Waals surface area contributed by atoms with Gasteiger partial charge in [0.25, 0.3) is 0 Å². The van der Waals surface area contributed by atoms with Crippen LogP contribution in [0.15, 0.2) is 24.3 Å². The minimum Gasteiger partial charge on any atom is -0.353 e. The summed E-state index contributed by atoms with van der Waals surface area (Å²) in [6.45, 7) is 2.80. The van der Waals surface area contributed by atoms with Gasteiger partial charge in [-0.3, -0.25) is 4.79 Å². The maximum Gasteiger partial charge on any atom is 0.321 e. The van der Waals surface area contributed by atoms with Gasteiger partial charge >= 0.3 is 6.03 Å². The average molecular weight is 348 g/mol. The van der Waals surface area contributed by atoms with Crippen molar-refractivity contribution in [2.45, 2.75) is 31.7 Å². The van der Waals surface area contributed by atoms with Gasteiger partial charge in [0.1, 0.15) is 5.82 Å². The molecule has 1 atom stereocenters. The zero-order chi connectivity index (χ0) is 17.6. The molecule has 2 fully saturated rings. The van der Waals surface area contributed by atoms with E-state index in [9.17, 15) is 14.0 Å². The lowest BCUT2D eigenvalue weighted by atomic mass is 9.96. The first-order valence-corrected chi connectivity index (χ1v) is 8.95. The SMILES string of the molecule is O=C(NC1CCNCC1)C1CCCN(C(=O)Nc2ccccc2F)C1. The second kappa shape index (κ2) is 8.29. The van der Waals surface area contributed by atoms with E-state index in [4.69, 9.17) is 0 Å². The number of nitrogens with zero attached hydrogens (tertiary/aromatic N) is 1. The van der Waals surface area contributed by atoms with Crippen molar-refractivity contribution in [2.24, 2.45) is 5.92 Å². The predicted octanol–water partition coefficient (Wildman–Crippen LogP) is 1.94. The van der Waals surface area contributed by atoms with Crippen LogP contribution in [0.1, 0.15) is 25.7 Å². The third kappa shape index (κ3) is 4.69. The topological polar surface area (TPSA) is 73.5 Å². The van der Waals surface area contributed by atoms with Crippen molar-refractivity contribution in [3.8, 4) is 0 Å². The minimum absolute atomic E-state index is 0.0234. The maximum absolute atomic E-state index is 13.7. The molecule has 3 N–H and O–H groups in total. The summed E-state index contributed by atoms with van der Waals surface area (Å²) in [5.41, 5.74) is 0.161. The molecule has 0 aromatic heterocycles. The molecule has 2 heterocycles. The predicted molar refractivity (Wildman–Crippen MR) is 93.8 cm³/mol. The summed E-state index contributed by atoms with van der Waals surface area (Å²) in [5, 5.41) is 8.98. The Morgan fingerprint density at radius 1 is 1.16 bits per heavy atom. The molecule has 3 rings (SSSR count). The Morgan fingerprint density at radius 3 is 2.68 bits per heavy atom. The number of nitrogens with one attached hydrogen (secondary N) is 3. The Labute approximate surface area is 147 Å². The number of halogens is 1. The molecule has 2 aliphatic heterocycles. The standard InChI is InChI=1S/C18H25FN4O2/c19-15-5-1-2-6-16(15)22-18(25)23-11-3-4-13(12-23)17(24)21-14-7-9-20-10-8-14/h1-2,5-6,13-14,20H,3-4,7-12H2,(H,21,24)(H,22,25). The van der Waals surface area contributed by atoms with Crippen molar-refractivity contribution in [1.82, 2.24) is 15.5 Å². The Bertz CT molecular complexity index is 619. The number of rotatable bonds is 3. The van der Waals surface area contributed by atoms with Gasteiger partial charge in [-0.1, -0.05) is 12.1 Å². The molecule has 1 aromatic carbocycles. The number of benzene rings is 1. The number of hydrogen-bond donors (Lipinski definition) is 3. The van der Waals surface area contributed by atoms with Gasteiger partial charge in [-0.2, -0.15) is 0 Å². The Morgan fingerprint density at radius 2 is 1.92 bits per heavy atom. The summed E-state index contributed by atoms with van der Waals surface area (Å²) in [6.07, 6.45) is 3.43. The van der Waals surface area contributed by atoms with E-state index < -0.39 is 5.82 Å². The summed E-state index contributed by atoms with van der Waals surface area (Å²) in [4.78, 5) is 26.5. The number of para-hydroxylation sites is 1. The molecule has 0 bridgehead atoms. The minimum atomic E-state index is -0.465. The maximum atomic E-state index is 13.7. The van der Waals surface area contributed by atoms with E-state index in [2.05, 4.69) is 16.0 Å². The van der Waals surface area contributed by atoms with Gasteiger partial charge in [-0.15, -0.1) is 0 Å². The first kappa shape index (κ1) is 17.7. The van der Waals surface area contributed by atoms with Crippen LogP contribution in [0, 0.1) is 11.7 Å². The second-order valence-corrected chi connectivity index (χ2v) is 6.73. The number of anilines is 1. The molecule has 1 aromatic rings. The zero-order valence-electron chi connectivity index (χ0n) is 14.3. The molecule has 0 aliphatic carbocycles. The molecule has 0 saturated carbocycles. The first-order chi connectivity index (χ1) is 12.1. The number of amides is 3. The van der Waals surface area contributed by atoms with Crippen LogP contribution in [0.25, 0.3) is 0 Å². The number of likely N-dealkylation sites (tertiary alicyclic amines) is 1. The third-order valence-corrected chi connectivity index (χ3v) is 4.88. The van der Waals surface area contributed by atoms with Gasteiger partial charge in [0.05, 0.1) is 11.6 Å². The zero-order valence-corrected chi connectivity index (χ0v) is 14.3. The number of carbonyl (C=O) groups is 2. The molecule has 1 unspecified atom stereocenters. The molecule has 2 aliphatic rings. The van der Waals surface area contributed by atoms with Crippen LogP contribution in [0.2, 0.25) is 0 Å². The van der Waals surface area contributed by atoms with Gasteiger partial charge in [-0.05, 0) is 50.9 Å². The molecule has 6 nitrogen and oxygen atoms in total. The molecular formula is C18H25FN4O2. The quantitative estimate of drug-likeness (QED) is 0.782. The highest BCUT2D eigenvalue weighted by Crippen LogP contribution is 2.20. The fourth-order valence-electron chi connectivity index (χ4n) is 3.42. The third-order valence-electron chi connectivity index (χ3n) is 4.88. The lowest BCUT2D eigenvalue weighted by molar-refractivity contribution is -0.127. The van der Waals surface area contributed by atoms with E-state index in [1.807, 2.05) is 0 Å². The van der Waals surface area contributed by atoms with Gasteiger partial charge in [-0.25, -0.2) is 9.18 Å². The van der Waals surface area contributed by atoms with E-state index in [0.29, 0.717) is 13.1 Å². The van der Waals surface area contributed by atoms with E-state index >= 15 is 0 Å². The smallest absolute Gasteiger partial charge is 0.321 e. The average Bonchev–Trinajstić information content (AvgIpc) is 2.64. The summed E-state index contributed by atoms with van der Waals surface area (Å²) < 4.78 is 13.7. The van der Waals surface area contributed by atoms with Gasteiger partial charge in [0.2, 0.25) is 5.91 Å². The van der Waals surface area contributed by atoms with Crippen molar-refractivity contribution in [3.63, 3.8) is 0 Å². The van der Waals surface area contributed by atoms with Crippen LogP contribution >= 0.6 is 0 Å². The van der Waals surface area contributed by atoms with E-state index in [1.54, 1.807) is 17.0 Å². The monoisotopic (exact) mass is 348 g/mol. The fourth-order valence-corrected chi connectivity index (χ4v) is 3.42. The summed E-state index contributed by atoms with van der Waals surface area (Å²) in [6, 6.07) is 5.94. The number of hydrogen-bond acceptors (Lipinski definition) is 3. The molecule has 0 spiro atoms. The van der Waals surface area contributed by atoms with Crippen LogP contribution in [0.5, 0.6) is 0 Å². The lowest BCUT2D eigenvalue weighted by Gasteiger charge is -2.33. The number of piperidine rings is 2. The van der Waals surface area contributed by atoms with Gasteiger partial charge < -0.3 is 20.9 Å². The number of carbonyl (C=O) groups excluding carboxylic acids is 2. The highest BCUT2D eigenvalue weighted by Gasteiger charge is 2.30. The van der Waals surface area contributed by atoms with E-state index in [0.717, 1.165) is 38.8 Å². The molecule has 25 heavy (non-hydrogen) atoms. The van der Waals surface area contributed by atoms with Crippen molar-refractivity contribution in [1.29, 1.82) is 0 Å². The molecule has 0 radical (unpaired) electrons. The number of urea groups is 1. The summed E-state index contributed by atoms with van der Waals surface area (Å²) in [5.74, 6) is -0.640. The molecule has 7 heteroatoms. The van der Waals surface area contributed by atoms with Crippen LogP contribution in [-0.4, -0.2) is 49.1 Å². The van der Waals surface area contributed by atoms with Gasteiger partial charge in [0, 0.05) is 19.1 Å². The molecule has 2 saturated heterocycles. The largest absolute Gasteiger partial charge is 0.353 e. The Hall–Kier alpha value is -2.15. The van der Waals surface area contributed by atoms with E-state index in [-0.39, 0.29) is 29.6 Å². The first-order valence-electron chi connectivity index (χ1n) is 8.95. The van der Waals surface area contributed by atoms with Crippen LogP contribution in [-0.2, 0) is 4.79 Å². The van der Waals surface area contributed by atoms with Gasteiger partial charge in [0.15, 0.2) is 0 Å². The van der Waals surface area contributed by atoms with E-state index in [1.165, 1.54) is 12.1 Å². The summed E-state index contributed by atoms with van der Waals surface area (Å²) in [7, 11) is 0. The summed E-state index contributed by atoms with van der Waals surface area (Å²) >= 11 is 0. The Kier molecular flexibility index (Phi) is 5.86. The van der Waals surface area contributed by atoms with Crippen molar-refractivity contribution < 1.29 is 14.0 Å². The lowest BCUT2D eigenvalue weighted by Crippen LogP contribution is -2.50. The molecular weight excluding hydrogens is 323 g/mol. The normalized spacial score (nSPS) is 21.6. The van der Waals surface area contributed by atoms with Crippen molar-refractivity contribution in [3.05, 3.63) is 30.1 Å². The highest BCUT2D eigenvalue weighted by molar-refractivity contribution is 5.90. The van der Waals surface area contributed by atoms with Crippen molar-refractivity contribution in [2.75, 3.05) is 31.5 Å². The molecule has 3 amide bonds. The highest BCUT2D eigenvalue weighted by atomic mass is 19.1. The molecule has 136 valence electrons. The van der Waals surface area contributed by atoms with Crippen LogP contribution < -0.4 is 16.0 Å². The Balaban J connectivity index is 1.54. The van der Waals surface area contributed by atoms with Crippen LogP contribution in [0.3, 0.4) is 0 Å². The second-order valence-electron chi connectivity index (χ2n) is 6.73.